The lowest BCUT2D eigenvalue weighted by Gasteiger charge is -2.25. The van der Waals surface area contributed by atoms with E-state index in [1.54, 1.807) is 0 Å². The maximum atomic E-state index is 9.20. The van der Waals surface area contributed by atoms with E-state index in [-0.39, 0.29) is 5.92 Å². The van der Waals surface area contributed by atoms with E-state index < -0.39 is 0 Å². The van der Waals surface area contributed by atoms with E-state index in [0.29, 0.717) is 0 Å². The molecule has 1 aliphatic carbocycles. The van der Waals surface area contributed by atoms with E-state index in [2.05, 4.69) is 11.7 Å². The minimum atomic E-state index is 0.223. The van der Waals surface area contributed by atoms with Gasteiger partial charge in [-0.1, -0.05) is 54.1 Å². The minimum absolute atomic E-state index is 0.223. The first-order chi connectivity index (χ1) is 7.83. The highest BCUT2D eigenvalue weighted by atomic mass is 16.4. The van der Waals surface area contributed by atoms with Gasteiger partial charge in [0.15, 0.2) is 0 Å². The molecule has 2 rings (SSSR count). The standard InChI is InChI=1S/C14H17NO/c1-11-7-5-6-10-13(11)14(15-16)12-8-3-2-4-9-12/h2-4,8-9,13,16H,1,5-7,10H2/b15-14-. The van der Waals surface area contributed by atoms with Gasteiger partial charge in [0.1, 0.15) is 0 Å². The summed E-state index contributed by atoms with van der Waals surface area (Å²) in [6, 6.07) is 9.86. The Labute approximate surface area is 96.3 Å². The van der Waals surface area contributed by atoms with Crippen molar-refractivity contribution >= 4 is 5.71 Å². The van der Waals surface area contributed by atoms with Gasteiger partial charge in [-0.25, -0.2) is 0 Å². The van der Waals surface area contributed by atoms with Crippen LogP contribution in [0.3, 0.4) is 0 Å². The van der Waals surface area contributed by atoms with Crippen LogP contribution in [-0.4, -0.2) is 10.9 Å². The third-order valence-electron chi connectivity index (χ3n) is 3.24. The van der Waals surface area contributed by atoms with Crippen molar-refractivity contribution in [3.8, 4) is 0 Å². The summed E-state index contributed by atoms with van der Waals surface area (Å²) >= 11 is 0. The van der Waals surface area contributed by atoms with Gasteiger partial charge in [0.25, 0.3) is 0 Å². The molecular weight excluding hydrogens is 198 g/mol. The molecule has 1 N–H and O–H groups in total. The average Bonchev–Trinajstić information content (AvgIpc) is 2.34. The second-order valence-corrected chi connectivity index (χ2v) is 4.31. The van der Waals surface area contributed by atoms with Crippen molar-refractivity contribution in [3.05, 3.63) is 48.0 Å². The summed E-state index contributed by atoms with van der Waals surface area (Å²) in [4.78, 5) is 0. The van der Waals surface area contributed by atoms with E-state index in [1.807, 2.05) is 30.3 Å². The molecule has 0 bridgehead atoms. The largest absolute Gasteiger partial charge is 0.411 e. The zero-order valence-corrected chi connectivity index (χ0v) is 9.39. The summed E-state index contributed by atoms with van der Waals surface area (Å²) < 4.78 is 0. The van der Waals surface area contributed by atoms with Crippen molar-refractivity contribution in [2.75, 3.05) is 0 Å². The highest BCUT2D eigenvalue weighted by Crippen LogP contribution is 2.31. The van der Waals surface area contributed by atoms with E-state index in [1.165, 1.54) is 18.4 Å². The monoisotopic (exact) mass is 215 g/mol. The number of hydrogen-bond acceptors (Lipinski definition) is 2. The van der Waals surface area contributed by atoms with Crippen LogP contribution in [0.25, 0.3) is 0 Å². The van der Waals surface area contributed by atoms with Crippen molar-refractivity contribution in [3.63, 3.8) is 0 Å². The maximum Gasteiger partial charge on any atom is 0.0938 e. The first-order valence-corrected chi connectivity index (χ1v) is 5.78. The van der Waals surface area contributed by atoms with Gasteiger partial charge in [0, 0.05) is 5.92 Å². The smallest absolute Gasteiger partial charge is 0.0938 e. The number of nitrogens with zero attached hydrogens (tertiary/aromatic N) is 1. The second-order valence-electron chi connectivity index (χ2n) is 4.31. The Morgan fingerprint density at radius 3 is 2.62 bits per heavy atom. The third kappa shape index (κ3) is 2.16. The number of benzene rings is 1. The van der Waals surface area contributed by atoms with Crippen LogP contribution in [0.2, 0.25) is 0 Å². The van der Waals surface area contributed by atoms with Gasteiger partial charge in [0.05, 0.1) is 5.71 Å². The third-order valence-corrected chi connectivity index (χ3v) is 3.24. The highest BCUT2D eigenvalue weighted by Gasteiger charge is 2.23. The molecule has 1 saturated carbocycles. The highest BCUT2D eigenvalue weighted by molar-refractivity contribution is 6.03. The van der Waals surface area contributed by atoms with Crippen LogP contribution in [0, 0.1) is 5.92 Å². The first kappa shape index (κ1) is 10.9. The molecule has 0 aliphatic heterocycles. The first-order valence-electron chi connectivity index (χ1n) is 5.78. The molecule has 0 aromatic heterocycles. The Kier molecular flexibility index (Phi) is 3.40. The lowest BCUT2D eigenvalue weighted by molar-refractivity contribution is 0.314. The zero-order valence-electron chi connectivity index (χ0n) is 9.39. The summed E-state index contributed by atoms with van der Waals surface area (Å²) in [5.74, 6) is 0.223. The number of hydrogen-bond donors (Lipinski definition) is 1. The molecule has 0 heterocycles. The Morgan fingerprint density at radius 1 is 1.25 bits per heavy atom. The predicted octanol–water partition coefficient (Wildman–Crippen LogP) is 3.61. The fourth-order valence-corrected chi connectivity index (χ4v) is 2.35. The van der Waals surface area contributed by atoms with Gasteiger partial charge in [-0.05, 0) is 24.8 Å². The predicted molar refractivity (Wildman–Crippen MR) is 65.9 cm³/mol. The molecule has 1 aromatic carbocycles. The topological polar surface area (TPSA) is 32.6 Å². The Morgan fingerprint density at radius 2 is 2.00 bits per heavy atom. The molecule has 0 radical (unpaired) electrons. The second kappa shape index (κ2) is 4.97. The van der Waals surface area contributed by atoms with Crippen LogP contribution in [0.15, 0.2) is 47.6 Å². The average molecular weight is 215 g/mol. The summed E-state index contributed by atoms with van der Waals surface area (Å²) in [7, 11) is 0. The number of oxime groups is 1. The summed E-state index contributed by atoms with van der Waals surface area (Å²) in [6.07, 6.45) is 4.50. The molecule has 1 unspecified atom stereocenters. The molecule has 16 heavy (non-hydrogen) atoms. The molecule has 2 heteroatoms. The van der Waals surface area contributed by atoms with Crippen molar-refractivity contribution in [2.24, 2.45) is 11.1 Å². The Bertz CT molecular complexity index is 394. The van der Waals surface area contributed by atoms with Gasteiger partial charge < -0.3 is 5.21 Å². The SMILES string of the molecule is C=C1CCCCC1/C(=N\O)c1ccccc1. The van der Waals surface area contributed by atoms with Crippen molar-refractivity contribution in [1.29, 1.82) is 0 Å². The molecule has 1 atom stereocenters. The van der Waals surface area contributed by atoms with Crippen LogP contribution in [0.4, 0.5) is 0 Å². The molecule has 0 amide bonds. The van der Waals surface area contributed by atoms with Gasteiger partial charge >= 0.3 is 0 Å². The summed E-state index contributed by atoms with van der Waals surface area (Å²) in [5.41, 5.74) is 2.96. The zero-order chi connectivity index (χ0) is 11.4. The Hall–Kier alpha value is -1.57. The van der Waals surface area contributed by atoms with E-state index in [9.17, 15) is 5.21 Å². The van der Waals surface area contributed by atoms with Crippen molar-refractivity contribution in [2.45, 2.75) is 25.7 Å². The van der Waals surface area contributed by atoms with Crippen molar-refractivity contribution < 1.29 is 5.21 Å². The van der Waals surface area contributed by atoms with Crippen LogP contribution < -0.4 is 0 Å². The van der Waals surface area contributed by atoms with Gasteiger partial charge in [-0.2, -0.15) is 0 Å². The van der Waals surface area contributed by atoms with Crippen LogP contribution in [0.5, 0.6) is 0 Å². The lowest BCUT2D eigenvalue weighted by Crippen LogP contribution is -2.21. The molecule has 0 saturated heterocycles. The van der Waals surface area contributed by atoms with Gasteiger partial charge in [0.2, 0.25) is 0 Å². The maximum absolute atomic E-state index is 9.20. The summed E-state index contributed by atoms with van der Waals surface area (Å²) in [5, 5.41) is 12.7. The van der Waals surface area contributed by atoms with E-state index >= 15 is 0 Å². The molecule has 2 nitrogen and oxygen atoms in total. The lowest BCUT2D eigenvalue weighted by atomic mass is 9.80. The van der Waals surface area contributed by atoms with Crippen molar-refractivity contribution in [1.82, 2.24) is 0 Å². The van der Waals surface area contributed by atoms with Gasteiger partial charge in [-0.15, -0.1) is 0 Å². The molecule has 1 fully saturated rings. The molecule has 0 spiro atoms. The fraction of sp³-hybridized carbons (Fsp3) is 0.357. The van der Waals surface area contributed by atoms with Crippen LogP contribution in [0.1, 0.15) is 31.2 Å². The number of allylic oxidation sites excluding steroid dienone is 1. The number of rotatable bonds is 2. The van der Waals surface area contributed by atoms with Crippen LogP contribution in [-0.2, 0) is 0 Å². The van der Waals surface area contributed by atoms with E-state index in [4.69, 9.17) is 0 Å². The summed E-state index contributed by atoms with van der Waals surface area (Å²) in [6.45, 7) is 4.10. The Balaban J connectivity index is 2.26. The van der Waals surface area contributed by atoms with E-state index in [0.717, 1.165) is 24.1 Å². The molecular formula is C14H17NO. The molecule has 84 valence electrons. The van der Waals surface area contributed by atoms with Crippen LogP contribution >= 0.6 is 0 Å². The van der Waals surface area contributed by atoms with Gasteiger partial charge in [-0.3, -0.25) is 0 Å². The quantitative estimate of drug-likeness (QED) is 0.347. The normalized spacial score (nSPS) is 22.1. The fourth-order valence-electron chi connectivity index (χ4n) is 2.35. The molecule has 1 aliphatic rings. The molecule has 1 aromatic rings. The minimum Gasteiger partial charge on any atom is -0.411 e.